The van der Waals surface area contributed by atoms with Crippen LogP contribution in [0.25, 0.3) is 10.8 Å². The van der Waals surface area contributed by atoms with E-state index >= 15 is 9.59 Å². The van der Waals surface area contributed by atoms with E-state index in [1.54, 1.807) is 67.6 Å². The van der Waals surface area contributed by atoms with Gasteiger partial charge >= 0.3 is 5.96 Å². The van der Waals surface area contributed by atoms with Crippen LogP contribution in [0.1, 0.15) is 24.0 Å². The fourth-order valence-corrected chi connectivity index (χ4v) is 13.0. The lowest BCUT2D eigenvalue weighted by Crippen LogP contribution is -2.68. The Morgan fingerprint density at radius 3 is 1.82 bits per heavy atom. The van der Waals surface area contributed by atoms with Gasteiger partial charge in [0.25, 0.3) is 0 Å². The maximum atomic E-state index is 15.2. The molecule has 0 radical (unpaired) electrons. The molecule has 0 aliphatic carbocycles. The number of benzene rings is 4. The van der Waals surface area contributed by atoms with Crippen LogP contribution in [0, 0.1) is 0 Å². The van der Waals surface area contributed by atoms with Crippen molar-refractivity contribution in [2.75, 3.05) is 53.2 Å². The van der Waals surface area contributed by atoms with Crippen LogP contribution in [-0.4, -0.2) is 318 Å². The fraction of sp³-hybridized carbons (Fsp3) is 0.538. The first-order valence-electron chi connectivity index (χ1n) is 33.0. The predicted octanol–water partition coefficient (Wildman–Crippen LogP) is -11.1. The molecular formula is C65H87N12O26+. The van der Waals surface area contributed by atoms with Gasteiger partial charge in [0.1, 0.15) is 152 Å². The molecule has 38 heteroatoms. The molecule has 6 aliphatic rings. The van der Waals surface area contributed by atoms with Gasteiger partial charge in [-0.1, -0.05) is 73.7 Å². The largest absolute Gasteiger partial charge is 0.496 e. The van der Waals surface area contributed by atoms with Crippen LogP contribution in [0.2, 0.25) is 0 Å². The highest BCUT2D eigenvalue weighted by Crippen LogP contribution is 2.36. The van der Waals surface area contributed by atoms with Crippen molar-refractivity contribution in [1.29, 1.82) is 0 Å². The summed E-state index contributed by atoms with van der Waals surface area (Å²) in [7, 11) is 1.51. The van der Waals surface area contributed by atoms with Gasteiger partial charge in [-0.2, -0.15) is 0 Å². The minimum atomic E-state index is -2.34. The number of nitrogens with one attached hydrogen (secondary N) is 8. The lowest BCUT2D eigenvalue weighted by atomic mass is 9.92. The molecule has 4 fully saturated rings. The first kappa shape index (κ1) is 76.8. The Morgan fingerprint density at radius 2 is 1.16 bits per heavy atom. The van der Waals surface area contributed by atoms with Crippen molar-refractivity contribution in [3.63, 3.8) is 0 Å². The third-order valence-electron chi connectivity index (χ3n) is 18.9. The summed E-state index contributed by atoms with van der Waals surface area (Å²) in [5, 5.41) is 165. The molecular weight excluding hydrogens is 1360 g/mol. The number of nitrogens with zero attached hydrogens (tertiary/aromatic N) is 2. The van der Waals surface area contributed by atoms with Gasteiger partial charge in [-0.3, -0.25) is 39.8 Å². The van der Waals surface area contributed by atoms with Gasteiger partial charge in [-0.25, -0.2) is 9.57 Å². The van der Waals surface area contributed by atoms with Crippen LogP contribution in [0.3, 0.4) is 0 Å². The van der Waals surface area contributed by atoms with Crippen molar-refractivity contribution in [2.45, 2.75) is 166 Å². The monoisotopic (exact) mass is 1450 g/mol. The van der Waals surface area contributed by atoms with Crippen molar-refractivity contribution in [2.24, 2.45) is 16.5 Å². The average molecular weight is 1450 g/mol. The van der Waals surface area contributed by atoms with Crippen LogP contribution in [0.5, 0.6) is 17.2 Å². The van der Waals surface area contributed by atoms with Crippen molar-refractivity contribution >= 4 is 58.1 Å². The molecule has 103 heavy (non-hydrogen) atoms. The molecule has 10 rings (SSSR count). The number of rotatable bonds is 20. The van der Waals surface area contributed by atoms with Crippen LogP contribution in [-0.2, 0) is 54.1 Å². The molecule has 25 atom stereocenters. The maximum Gasteiger partial charge on any atom is 0.346 e. The molecule has 6 heterocycles. The number of fused-ring (bicyclic) bond motifs is 1. The quantitative estimate of drug-likeness (QED) is 0.0365. The Balaban J connectivity index is 0.907. The highest BCUT2D eigenvalue weighted by Gasteiger charge is 2.55. The van der Waals surface area contributed by atoms with E-state index in [2.05, 4.69) is 47.5 Å². The van der Waals surface area contributed by atoms with Gasteiger partial charge in [0.2, 0.25) is 48.0 Å². The summed E-state index contributed by atoms with van der Waals surface area (Å²) in [4.78, 5) is 91.8. The second kappa shape index (κ2) is 33.8. The lowest BCUT2D eigenvalue weighted by Gasteiger charge is -2.46. The number of carbonyl (C=O) groups is 6. The number of nitrogens with two attached hydrogens (primary N) is 2. The zero-order valence-corrected chi connectivity index (χ0v) is 55.4. The molecule has 0 bridgehead atoms. The van der Waals surface area contributed by atoms with Crippen LogP contribution in [0.4, 0.5) is 0 Å². The third-order valence-corrected chi connectivity index (χ3v) is 18.9. The Hall–Kier alpha value is -8.78. The Morgan fingerprint density at radius 1 is 0.563 bits per heavy atom. The summed E-state index contributed by atoms with van der Waals surface area (Å²) in [6.45, 7) is -3.34. The molecule has 562 valence electrons. The van der Waals surface area contributed by atoms with Crippen LogP contribution in [0.15, 0.2) is 96.0 Å². The lowest BCUT2D eigenvalue weighted by molar-refractivity contribution is -0.663. The summed E-state index contributed by atoms with van der Waals surface area (Å²) in [5.74, 6) is -7.94. The van der Waals surface area contributed by atoms with Crippen molar-refractivity contribution in [3.05, 3.63) is 102 Å². The van der Waals surface area contributed by atoms with Gasteiger partial charge in [-0.15, -0.1) is 0 Å². The minimum Gasteiger partial charge on any atom is -0.496 e. The Bertz CT molecular complexity index is 3700. The second-order valence-electron chi connectivity index (χ2n) is 25.6. The predicted molar refractivity (Wildman–Crippen MR) is 351 cm³/mol. The third kappa shape index (κ3) is 17.1. The average Bonchev–Trinajstić information content (AvgIpc) is 1.50. The van der Waals surface area contributed by atoms with Gasteiger partial charge in [0.15, 0.2) is 12.2 Å². The van der Waals surface area contributed by atoms with E-state index in [-0.39, 0.29) is 36.4 Å². The molecule has 4 aromatic rings. The number of ether oxygens (including phenoxy) is 7. The first-order chi connectivity index (χ1) is 49.2. The molecule has 38 nitrogen and oxygen atoms in total. The SMILES string of the molecule is COc1ccc(OC[C@@H]2O[C@@H](O[C@H]3[C@@H](O)[C@@H](O)[C@@H](Oc4ccc(C[C@H]5NC(=O)[C@@H]([C@H](C)c6ccccc6)NC(=O)CNC(=O)C(CO)NC(=O)[C@@H]([C@H](O)[C@@H]6CNC(N)=[N+]6[C@@H]6O[C@@H](CO)[C@H](O)[C@H](O)[C@@H]6O)NC(=O)[C@H]([C@H](O)[C@@H]6CNC(N)=N6)NC5=O)cc4)O[C@@H]3CO)[C@@H](O)[C@@H](O)[C@H]2O)c2ccccc12. The molecule has 6 aliphatic heterocycles. The summed E-state index contributed by atoms with van der Waals surface area (Å²) >= 11 is 0. The van der Waals surface area contributed by atoms with Crippen molar-refractivity contribution in [1.82, 2.24) is 42.5 Å². The second-order valence-corrected chi connectivity index (χ2v) is 25.6. The summed E-state index contributed by atoms with van der Waals surface area (Å²) in [5.41, 5.74) is 12.9. The van der Waals surface area contributed by atoms with E-state index in [4.69, 9.17) is 44.6 Å². The van der Waals surface area contributed by atoms with Crippen molar-refractivity contribution in [3.8, 4) is 17.2 Å². The van der Waals surface area contributed by atoms with Gasteiger partial charge < -0.3 is 142 Å². The van der Waals surface area contributed by atoms with E-state index in [1.165, 1.54) is 31.4 Å². The minimum absolute atomic E-state index is 0.0716. The normalized spacial score (nSPS) is 34.5. The van der Waals surface area contributed by atoms with E-state index in [0.29, 0.717) is 27.8 Å². The number of amides is 6. The smallest absolute Gasteiger partial charge is 0.346 e. The molecule has 25 N–H and O–H groups in total. The maximum absolute atomic E-state index is 15.2. The molecule has 1 unspecified atom stereocenters. The zero-order valence-electron chi connectivity index (χ0n) is 55.4. The first-order valence-corrected chi connectivity index (χ1v) is 33.0. The number of aliphatic hydroxyl groups is 13. The van der Waals surface area contributed by atoms with Crippen LogP contribution < -0.4 is 68.2 Å². The number of hydrogen-bond acceptors (Lipinski definition) is 31. The summed E-state index contributed by atoms with van der Waals surface area (Å²) in [6, 6.07) is 11.3. The fourth-order valence-electron chi connectivity index (χ4n) is 13.0. The number of guanidine groups is 2. The Kier molecular flexibility index (Phi) is 25.2. The number of methoxy groups -OCH3 is 1. The molecule has 0 spiro atoms. The molecule has 6 amide bonds. The zero-order chi connectivity index (χ0) is 74.2. The molecule has 0 aromatic heterocycles. The van der Waals surface area contributed by atoms with E-state index < -0.39 is 227 Å². The molecule has 4 saturated heterocycles. The number of hydrogen-bond donors (Lipinski definition) is 23. The summed E-state index contributed by atoms with van der Waals surface area (Å²) in [6.07, 6.45) is -31.7. The van der Waals surface area contributed by atoms with Crippen molar-refractivity contribution < 1.29 is 133 Å². The van der Waals surface area contributed by atoms with E-state index in [9.17, 15) is 85.6 Å². The van der Waals surface area contributed by atoms with Gasteiger partial charge in [-0.05, 0) is 35.4 Å². The number of carbonyl (C=O) groups excluding carboxylic acids is 6. The van der Waals surface area contributed by atoms with Gasteiger partial charge in [0.05, 0.1) is 39.5 Å². The highest BCUT2D eigenvalue weighted by molar-refractivity contribution is 5.99. The topological polar surface area (TPSA) is 594 Å². The molecule has 4 aromatic carbocycles. The highest BCUT2D eigenvalue weighted by atomic mass is 16.7. The van der Waals surface area contributed by atoms with Gasteiger partial charge in [0, 0.05) is 29.7 Å². The number of aliphatic hydroxyl groups excluding tert-OH is 13. The Labute approximate surface area is 586 Å². The standard InChI is InChI=1S/C65H86N12O26/c1-26(28-8-4-3-5-9-28)42-58(94)71-32(18-27-12-14-29(15-13-27)99-62-54(91)51(88)55(39(24-80)101-62)103-63-53(90)50(87)48(85)40(102-63)25-98-37-17-16-36(97-2)30-10-6-7-11-31(30)37)57(93)75-43(45(82)33-19-69-64(66)73-33)60(96)76-44(59(95)72-34(22-78)56(92)68-21-41(81)74-42)46(83)35-20-70-65(67)77(35)61-52(89)49(86)47(84)38(23-79)100-61/h3-17,26,32-35,38-40,42-55,61-63,78-80,82-91H,18-25H2,1-2H3,(H11,66,67,68,69,70,71,72,73,74,75,76,81,92,93,94,95,96)/p+1/t26-,32-,33+,34?,35+,38+,39-,40+,42-,43+,44-,45-,46-,47+,48+,49+,50+,51+,52+,53+,54-,55-,61-,62+,63+/m1/s1. The van der Waals surface area contributed by atoms with E-state index in [1.807, 2.05) is 6.07 Å². The number of aliphatic imine (C=N–C) groups is 1. The van der Waals surface area contributed by atoms with Crippen LogP contribution >= 0.6 is 0 Å². The molecule has 0 saturated carbocycles. The summed E-state index contributed by atoms with van der Waals surface area (Å²) < 4.78 is 41.8. The van der Waals surface area contributed by atoms with E-state index in [0.717, 1.165) is 4.58 Å².